The van der Waals surface area contributed by atoms with Crippen LogP contribution < -0.4 is 11.5 Å². The molecule has 4 nitrogen and oxygen atoms in total. The van der Waals surface area contributed by atoms with Gasteiger partial charge in [0.1, 0.15) is 0 Å². The number of aliphatic imine (C=N–C) groups is 1. The minimum atomic E-state index is 0.498. The van der Waals surface area contributed by atoms with Gasteiger partial charge in [0.15, 0.2) is 0 Å². The van der Waals surface area contributed by atoms with Gasteiger partial charge in [0.05, 0.1) is 13.2 Å². The largest absolute Gasteiger partial charge is 0.404 e. The van der Waals surface area contributed by atoms with Crippen LogP contribution in [0.4, 0.5) is 0 Å². The zero-order chi connectivity index (χ0) is 18.1. The van der Waals surface area contributed by atoms with Gasteiger partial charge in [-0.2, -0.15) is 0 Å². The lowest BCUT2D eigenvalue weighted by Gasteiger charge is -2.26. The third-order valence-electron chi connectivity index (χ3n) is 5.09. The van der Waals surface area contributed by atoms with Gasteiger partial charge in [0.25, 0.3) is 0 Å². The molecule has 0 heterocycles. The molecule has 0 aliphatic heterocycles. The lowest BCUT2D eigenvalue weighted by molar-refractivity contribution is 0.114. The van der Waals surface area contributed by atoms with Crippen LogP contribution in [0.3, 0.4) is 0 Å². The molecule has 0 fully saturated rings. The van der Waals surface area contributed by atoms with Crippen molar-refractivity contribution in [3.8, 4) is 0 Å². The van der Waals surface area contributed by atoms with Crippen LogP contribution in [0.25, 0.3) is 0 Å². The molecule has 1 aromatic rings. The molecule has 138 valence electrons. The van der Waals surface area contributed by atoms with Crippen molar-refractivity contribution in [3.63, 3.8) is 0 Å². The fourth-order valence-electron chi connectivity index (χ4n) is 3.65. The van der Waals surface area contributed by atoms with E-state index in [1.165, 1.54) is 36.0 Å². The van der Waals surface area contributed by atoms with Gasteiger partial charge < -0.3 is 16.2 Å². The summed E-state index contributed by atoms with van der Waals surface area (Å²) in [4.78, 5) is 3.98. The van der Waals surface area contributed by atoms with Crippen LogP contribution in [0.15, 0.2) is 35.0 Å². The number of fused-ring (bicyclic) bond motifs is 1. The van der Waals surface area contributed by atoms with Crippen molar-refractivity contribution >= 4 is 6.21 Å². The first-order valence-electron chi connectivity index (χ1n) is 9.44. The van der Waals surface area contributed by atoms with E-state index in [4.69, 9.17) is 16.2 Å². The SMILES string of the molecule is CCCC(CN)c1ccc2c(c1)CCC(COCC(C=NC)=CN)C2. The van der Waals surface area contributed by atoms with E-state index in [-0.39, 0.29) is 0 Å². The fourth-order valence-corrected chi connectivity index (χ4v) is 3.65. The van der Waals surface area contributed by atoms with Crippen LogP contribution in [0, 0.1) is 5.92 Å². The highest BCUT2D eigenvalue weighted by molar-refractivity contribution is 5.78. The van der Waals surface area contributed by atoms with Crippen LogP contribution in [-0.4, -0.2) is 33.0 Å². The van der Waals surface area contributed by atoms with Crippen molar-refractivity contribution < 1.29 is 4.74 Å². The average Bonchev–Trinajstić information content (AvgIpc) is 2.65. The molecular formula is C21H33N3O. The quantitative estimate of drug-likeness (QED) is 0.676. The minimum absolute atomic E-state index is 0.498. The Balaban J connectivity index is 1.91. The highest BCUT2D eigenvalue weighted by Crippen LogP contribution is 2.30. The average molecular weight is 344 g/mol. The van der Waals surface area contributed by atoms with Crippen LogP contribution in [0.2, 0.25) is 0 Å². The molecule has 0 saturated carbocycles. The van der Waals surface area contributed by atoms with E-state index in [1.54, 1.807) is 19.5 Å². The minimum Gasteiger partial charge on any atom is -0.404 e. The summed E-state index contributed by atoms with van der Waals surface area (Å²) < 4.78 is 5.85. The fraction of sp³-hybridized carbons (Fsp3) is 0.571. The molecular weight excluding hydrogens is 310 g/mol. The first kappa shape index (κ1) is 19.7. The Labute approximate surface area is 152 Å². The standard InChI is InChI=1S/C21H33N3O/c1-3-4-21(12-23)20-8-7-18-9-16(5-6-19(18)10-20)14-25-15-17(11-22)13-24-2/h7-8,10-11,13,16,21H,3-6,9,12,14-15,22-23H2,1-2H3. The van der Waals surface area contributed by atoms with Crippen molar-refractivity contribution in [1.29, 1.82) is 0 Å². The zero-order valence-electron chi connectivity index (χ0n) is 15.7. The molecule has 1 aliphatic carbocycles. The van der Waals surface area contributed by atoms with Gasteiger partial charge >= 0.3 is 0 Å². The van der Waals surface area contributed by atoms with Crippen LogP contribution in [-0.2, 0) is 17.6 Å². The molecule has 0 spiro atoms. The number of aryl methyl sites for hydroxylation is 1. The summed E-state index contributed by atoms with van der Waals surface area (Å²) in [6, 6.07) is 6.99. The Hall–Kier alpha value is -1.65. The first-order chi connectivity index (χ1) is 12.2. The Morgan fingerprint density at radius 2 is 2.24 bits per heavy atom. The van der Waals surface area contributed by atoms with E-state index in [9.17, 15) is 0 Å². The first-order valence-corrected chi connectivity index (χ1v) is 9.44. The molecule has 2 atom stereocenters. The summed E-state index contributed by atoms with van der Waals surface area (Å²) in [5.41, 5.74) is 16.8. The summed E-state index contributed by atoms with van der Waals surface area (Å²) in [6.07, 6.45) is 9.08. The van der Waals surface area contributed by atoms with E-state index in [0.717, 1.165) is 31.6 Å². The Kier molecular flexibility index (Phi) is 8.16. The molecule has 1 aliphatic rings. The highest BCUT2D eigenvalue weighted by atomic mass is 16.5. The number of hydrogen-bond donors (Lipinski definition) is 2. The Morgan fingerprint density at radius 3 is 2.92 bits per heavy atom. The van der Waals surface area contributed by atoms with Gasteiger partial charge in [-0.05, 0) is 60.8 Å². The second kappa shape index (κ2) is 10.4. The molecule has 0 bridgehead atoms. The molecule has 1 aromatic carbocycles. The molecule has 4 heteroatoms. The van der Waals surface area contributed by atoms with Crippen LogP contribution in [0.1, 0.15) is 48.8 Å². The molecule has 0 amide bonds. The summed E-state index contributed by atoms with van der Waals surface area (Å²) in [6.45, 7) is 4.27. The van der Waals surface area contributed by atoms with Gasteiger partial charge in [-0.15, -0.1) is 0 Å². The molecule has 0 saturated heterocycles. The molecule has 0 aromatic heterocycles. The highest BCUT2D eigenvalue weighted by Gasteiger charge is 2.20. The smallest absolute Gasteiger partial charge is 0.0745 e. The summed E-state index contributed by atoms with van der Waals surface area (Å²) >= 11 is 0. The number of ether oxygens (including phenoxy) is 1. The molecule has 0 radical (unpaired) electrons. The number of nitrogens with two attached hydrogens (primary N) is 2. The Morgan fingerprint density at radius 1 is 1.40 bits per heavy atom. The number of hydrogen-bond acceptors (Lipinski definition) is 4. The van der Waals surface area contributed by atoms with Crippen molar-refractivity contribution in [2.45, 2.75) is 44.9 Å². The maximum atomic E-state index is 5.96. The van der Waals surface area contributed by atoms with Gasteiger partial charge in [0, 0.05) is 25.0 Å². The van der Waals surface area contributed by atoms with Gasteiger partial charge in [-0.3, -0.25) is 4.99 Å². The monoisotopic (exact) mass is 343 g/mol. The maximum Gasteiger partial charge on any atom is 0.0745 e. The van der Waals surface area contributed by atoms with E-state index < -0.39 is 0 Å². The van der Waals surface area contributed by atoms with Gasteiger partial charge in [0.2, 0.25) is 0 Å². The van der Waals surface area contributed by atoms with E-state index in [0.29, 0.717) is 18.4 Å². The number of benzene rings is 1. The van der Waals surface area contributed by atoms with Gasteiger partial charge in [-0.1, -0.05) is 31.5 Å². The zero-order valence-corrected chi connectivity index (χ0v) is 15.7. The predicted molar refractivity (Wildman–Crippen MR) is 106 cm³/mol. The number of nitrogens with zero attached hydrogens (tertiary/aromatic N) is 1. The van der Waals surface area contributed by atoms with Crippen LogP contribution >= 0.6 is 0 Å². The molecule has 25 heavy (non-hydrogen) atoms. The summed E-state index contributed by atoms with van der Waals surface area (Å²) in [5.74, 6) is 1.08. The third-order valence-corrected chi connectivity index (χ3v) is 5.09. The lowest BCUT2D eigenvalue weighted by atomic mass is 9.82. The third kappa shape index (κ3) is 5.68. The molecule has 2 unspecified atom stereocenters. The lowest BCUT2D eigenvalue weighted by Crippen LogP contribution is -2.21. The number of rotatable bonds is 9. The van der Waals surface area contributed by atoms with E-state index in [1.807, 2.05) is 0 Å². The Bertz CT molecular complexity index is 595. The molecule has 2 rings (SSSR count). The summed E-state index contributed by atoms with van der Waals surface area (Å²) in [7, 11) is 1.74. The van der Waals surface area contributed by atoms with Gasteiger partial charge in [-0.25, -0.2) is 0 Å². The topological polar surface area (TPSA) is 73.6 Å². The maximum absolute atomic E-state index is 5.96. The van der Waals surface area contributed by atoms with E-state index >= 15 is 0 Å². The normalized spacial score (nSPS) is 19.2. The van der Waals surface area contributed by atoms with Crippen molar-refractivity contribution in [2.24, 2.45) is 22.4 Å². The van der Waals surface area contributed by atoms with Crippen molar-refractivity contribution in [1.82, 2.24) is 0 Å². The van der Waals surface area contributed by atoms with Crippen molar-refractivity contribution in [2.75, 3.05) is 26.8 Å². The van der Waals surface area contributed by atoms with Crippen LogP contribution in [0.5, 0.6) is 0 Å². The van der Waals surface area contributed by atoms with Crippen molar-refractivity contribution in [3.05, 3.63) is 46.7 Å². The second-order valence-electron chi connectivity index (χ2n) is 7.00. The molecule has 4 N–H and O–H groups in total. The predicted octanol–water partition coefficient (Wildman–Crippen LogP) is 3.19. The second-order valence-corrected chi connectivity index (χ2v) is 7.00. The van der Waals surface area contributed by atoms with E-state index in [2.05, 4.69) is 30.1 Å². The summed E-state index contributed by atoms with van der Waals surface area (Å²) in [5, 5.41) is 0.